The number of carbonyl (C=O) groups is 2. The first-order valence-corrected chi connectivity index (χ1v) is 5.65. The lowest BCUT2D eigenvalue weighted by Gasteiger charge is -2.11. The maximum Gasteiger partial charge on any atom is 0.328 e. The van der Waals surface area contributed by atoms with Gasteiger partial charge in [0.2, 0.25) is 0 Å². The summed E-state index contributed by atoms with van der Waals surface area (Å²) in [6.07, 6.45) is 0. The molecule has 0 aliphatic rings. The second-order valence-corrected chi connectivity index (χ2v) is 3.82. The summed E-state index contributed by atoms with van der Waals surface area (Å²) in [5, 5.41) is 2.54. The minimum Gasteiger partial charge on any atom is -0.467 e. The molecule has 0 fully saturated rings. The zero-order chi connectivity index (χ0) is 12.8. The van der Waals surface area contributed by atoms with E-state index in [-0.39, 0.29) is 5.91 Å². The SMILES string of the molecule is COC(=O)C(C)NC(=O)c1ccc(CCl)cc1. The van der Waals surface area contributed by atoms with E-state index in [2.05, 4.69) is 10.1 Å². The summed E-state index contributed by atoms with van der Waals surface area (Å²) in [4.78, 5) is 22.8. The van der Waals surface area contributed by atoms with Crippen LogP contribution in [0.15, 0.2) is 24.3 Å². The average Bonchev–Trinajstić information content (AvgIpc) is 2.37. The van der Waals surface area contributed by atoms with Crippen molar-refractivity contribution in [1.29, 1.82) is 0 Å². The Morgan fingerprint density at radius 2 is 1.94 bits per heavy atom. The minimum absolute atomic E-state index is 0.316. The highest BCUT2D eigenvalue weighted by molar-refractivity contribution is 6.17. The first kappa shape index (κ1) is 13.5. The number of hydrogen-bond acceptors (Lipinski definition) is 3. The standard InChI is InChI=1S/C12H14ClNO3/c1-8(12(16)17-2)14-11(15)10-5-3-9(7-13)4-6-10/h3-6,8H,7H2,1-2H3,(H,14,15). The van der Waals surface area contributed by atoms with Crippen molar-refractivity contribution in [2.24, 2.45) is 0 Å². The maximum absolute atomic E-state index is 11.7. The number of ether oxygens (including phenoxy) is 1. The van der Waals surface area contributed by atoms with E-state index in [9.17, 15) is 9.59 Å². The molecule has 0 saturated heterocycles. The third-order valence-electron chi connectivity index (χ3n) is 2.27. The van der Waals surface area contributed by atoms with Crippen LogP contribution in [-0.2, 0) is 15.4 Å². The molecular weight excluding hydrogens is 242 g/mol. The van der Waals surface area contributed by atoms with Gasteiger partial charge in [-0.05, 0) is 24.6 Å². The van der Waals surface area contributed by atoms with Crippen LogP contribution in [0.2, 0.25) is 0 Å². The normalized spacial score (nSPS) is 11.7. The largest absolute Gasteiger partial charge is 0.467 e. The Hall–Kier alpha value is -1.55. The average molecular weight is 256 g/mol. The Labute approximate surface area is 105 Å². The lowest BCUT2D eigenvalue weighted by molar-refractivity contribution is -0.142. The van der Waals surface area contributed by atoms with Gasteiger partial charge in [0.25, 0.3) is 5.91 Å². The summed E-state index contributed by atoms with van der Waals surface area (Å²) in [6, 6.07) is 6.20. The van der Waals surface area contributed by atoms with Crippen LogP contribution < -0.4 is 5.32 Å². The summed E-state index contributed by atoms with van der Waals surface area (Å²) in [5.74, 6) is -0.389. The van der Waals surface area contributed by atoms with Crippen molar-refractivity contribution in [2.75, 3.05) is 7.11 Å². The van der Waals surface area contributed by atoms with Crippen molar-refractivity contribution in [1.82, 2.24) is 5.32 Å². The Balaban J connectivity index is 2.66. The van der Waals surface area contributed by atoms with Crippen molar-refractivity contribution < 1.29 is 14.3 Å². The van der Waals surface area contributed by atoms with E-state index in [1.54, 1.807) is 31.2 Å². The van der Waals surface area contributed by atoms with E-state index < -0.39 is 12.0 Å². The fourth-order valence-corrected chi connectivity index (χ4v) is 1.44. The van der Waals surface area contributed by atoms with Gasteiger partial charge in [0.15, 0.2) is 0 Å². The molecule has 1 unspecified atom stereocenters. The number of halogens is 1. The highest BCUT2D eigenvalue weighted by Crippen LogP contribution is 2.07. The van der Waals surface area contributed by atoms with Gasteiger partial charge in [0.1, 0.15) is 6.04 Å². The molecule has 1 aromatic carbocycles. The van der Waals surface area contributed by atoms with Crippen LogP contribution in [0.25, 0.3) is 0 Å². The van der Waals surface area contributed by atoms with Gasteiger partial charge in [-0.2, -0.15) is 0 Å². The number of benzene rings is 1. The van der Waals surface area contributed by atoms with E-state index >= 15 is 0 Å². The summed E-state index contributed by atoms with van der Waals surface area (Å²) in [5.41, 5.74) is 1.42. The smallest absolute Gasteiger partial charge is 0.328 e. The van der Waals surface area contributed by atoms with E-state index in [1.165, 1.54) is 7.11 Å². The van der Waals surface area contributed by atoms with Crippen LogP contribution in [0.5, 0.6) is 0 Å². The molecule has 0 saturated carbocycles. The number of methoxy groups -OCH3 is 1. The first-order chi connectivity index (χ1) is 8.08. The van der Waals surface area contributed by atoms with Crippen LogP contribution in [0, 0.1) is 0 Å². The quantitative estimate of drug-likeness (QED) is 0.658. The van der Waals surface area contributed by atoms with Gasteiger partial charge in [-0.1, -0.05) is 12.1 Å². The molecule has 0 aliphatic heterocycles. The molecular formula is C12H14ClNO3. The van der Waals surface area contributed by atoms with E-state index in [1.807, 2.05) is 0 Å². The van der Waals surface area contributed by atoms with Gasteiger partial charge in [-0.25, -0.2) is 4.79 Å². The second-order valence-electron chi connectivity index (χ2n) is 3.55. The molecule has 1 N–H and O–H groups in total. The van der Waals surface area contributed by atoms with Gasteiger partial charge in [-0.15, -0.1) is 11.6 Å². The maximum atomic E-state index is 11.7. The lowest BCUT2D eigenvalue weighted by Crippen LogP contribution is -2.39. The third kappa shape index (κ3) is 3.75. The molecule has 5 heteroatoms. The molecule has 0 bridgehead atoms. The molecule has 0 heterocycles. The molecule has 17 heavy (non-hydrogen) atoms. The Bertz CT molecular complexity index is 403. The van der Waals surface area contributed by atoms with E-state index in [0.717, 1.165) is 5.56 Å². The fourth-order valence-electron chi connectivity index (χ4n) is 1.26. The zero-order valence-corrected chi connectivity index (χ0v) is 10.5. The molecule has 1 atom stereocenters. The van der Waals surface area contributed by atoms with E-state index in [0.29, 0.717) is 11.4 Å². The number of carbonyl (C=O) groups excluding carboxylic acids is 2. The van der Waals surface area contributed by atoms with E-state index in [4.69, 9.17) is 11.6 Å². The minimum atomic E-state index is -0.666. The van der Waals surface area contributed by atoms with Crippen LogP contribution in [0.4, 0.5) is 0 Å². The molecule has 1 rings (SSSR count). The molecule has 92 valence electrons. The third-order valence-corrected chi connectivity index (χ3v) is 2.58. The summed E-state index contributed by atoms with van der Waals surface area (Å²) < 4.78 is 4.51. The van der Waals surface area contributed by atoms with Crippen molar-refractivity contribution in [3.8, 4) is 0 Å². The number of amides is 1. The van der Waals surface area contributed by atoms with Crippen LogP contribution in [-0.4, -0.2) is 25.0 Å². The molecule has 0 aliphatic carbocycles. The Morgan fingerprint density at radius 1 is 1.35 bits per heavy atom. The van der Waals surface area contributed by atoms with Crippen molar-refractivity contribution in [3.05, 3.63) is 35.4 Å². The van der Waals surface area contributed by atoms with Crippen molar-refractivity contribution in [3.63, 3.8) is 0 Å². The first-order valence-electron chi connectivity index (χ1n) is 5.12. The molecule has 4 nitrogen and oxygen atoms in total. The number of rotatable bonds is 4. The highest BCUT2D eigenvalue weighted by Gasteiger charge is 2.16. The molecule has 0 spiro atoms. The van der Waals surface area contributed by atoms with Gasteiger partial charge in [-0.3, -0.25) is 4.79 Å². The molecule has 0 radical (unpaired) electrons. The number of nitrogens with one attached hydrogen (secondary N) is 1. The zero-order valence-electron chi connectivity index (χ0n) is 9.70. The van der Waals surface area contributed by atoms with Crippen LogP contribution in [0.1, 0.15) is 22.8 Å². The van der Waals surface area contributed by atoms with Crippen molar-refractivity contribution in [2.45, 2.75) is 18.8 Å². The Kier molecular flexibility index (Phi) is 4.97. The highest BCUT2D eigenvalue weighted by atomic mass is 35.5. The van der Waals surface area contributed by atoms with Crippen LogP contribution in [0.3, 0.4) is 0 Å². The molecule has 1 amide bonds. The van der Waals surface area contributed by atoms with Gasteiger partial charge < -0.3 is 10.1 Å². The lowest BCUT2D eigenvalue weighted by atomic mass is 10.1. The van der Waals surface area contributed by atoms with Gasteiger partial charge in [0, 0.05) is 11.4 Å². The van der Waals surface area contributed by atoms with Crippen molar-refractivity contribution >= 4 is 23.5 Å². The van der Waals surface area contributed by atoms with Crippen LogP contribution >= 0.6 is 11.6 Å². The monoisotopic (exact) mass is 255 g/mol. The molecule has 1 aromatic rings. The number of esters is 1. The Morgan fingerprint density at radius 3 is 2.41 bits per heavy atom. The molecule has 0 aromatic heterocycles. The number of alkyl halides is 1. The predicted octanol–water partition coefficient (Wildman–Crippen LogP) is 1.72. The second kappa shape index (κ2) is 6.25. The summed E-state index contributed by atoms with van der Waals surface area (Å²) in [7, 11) is 1.28. The topological polar surface area (TPSA) is 55.4 Å². The predicted molar refractivity (Wildman–Crippen MR) is 64.9 cm³/mol. The summed E-state index contributed by atoms with van der Waals surface area (Å²) in [6.45, 7) is 1.57. The number of hydrogen-bond donors (Lipinski definition) is 1. The summed E-state index contributed by atoms with van der Waals surface area (Å²) >= 11 is 5.64. The van der Waals surface area contributed by atoms with Gasteiger partial charge in [0.05, 0.1) is 7.11 Å². The van der Waals surface area contributed by atoms with Gasteiger partial charge >= 0.3 is 5.97 Å². The fraction of sp³-hybridized carbons (Fsp3) is 0.333.